The molecular weight excluding hydrogens is 274 g/mol. The van der Waals surface area contributed by atoms with Gasteiger partial charge in [0.05, 0.1) is 5.92 Å². The molecule has 1 heterocycles. The highest BCUT2D eigenvalue weighted by Crippen LogP contribution is 2.39. The number of thioether (sulfide) groups is 1. The summed E-state index contributed by atoms with van der Waals surface area (Å²) < 4.78 is 0. The van der Waals surface area contributed by atoms with Gasteiger partial charge in [0.2, 0.25) is 5.91 Å². The van der Waals surface area contributed by atoms with Crippen LogP contribution in [0.1, 0.15) is 31.7 Å². The molecule has 2 rings (SSSR count). The number of fused-ring (bicyclic) bond motifs is 1. The molecule has 20 heavy (non-hydrogen) atoms. The van der Waals surface area contributed by atoms with Crippen molar-refractivity contribution in [2.75, 3.05) is 5.75 Å². The molecule has 0 aromatic heterocycles. The zero-order valence-corrected chi connectivity index (χ0v) is 12.4. The number of hydrogen-bond acceptors (Lipinski definition) is 3. The topological polar surface area (TPSA) is 66.4 Å². The van der Waals surface area contributed by atoms with Crippen LogP contribution in [0.5, 0.6) is 0 Å². The summed E-state index contributed by atoms with van der Waals surface area (Å²) in [5, 5.41) is 11.9. The van der Waals surface area contributed by atoms with Crippen molar-refractivity contribution < 1.29 is 14.7 Å². The molecule has 2 unspecified atom stereocenters. The van der Waals surface area contributed by atoms with Gasteiger partial charge in [0.25, 0.3) is 0 Å². The Balaban J connectivity index is 2.07. The molecule has 0 saturated heterocycles. The summed E-state index contributed by atoms with van der Waals surface area (Å²) in [5.41, 5.74) is 1.00. The first-order valence-corrected chi connectivity index (χ1v) is 7.72. The molecule has 0 fully saturated rings. The predicted molar refractivity (Wildman–Crippen MR) is 78.9 cm³/mol. The second-order valence-corrected chi connectivity index (χ2v) is 6.49. The maximum atomic E-state index is 12.3. The largest absolute Gasteiger partial charge is 0.480 e. The Morgan fingerprint density at radius 2 is 2.10 bits per heavy atom. The zero-order chi connectivity index (χ0) is 14.7. The van der Waals surface area contributed by atoms with Gasteiger partial charge < -0.3 is 10.4 Å². The molecule has 0 aliphatic carbocycles. The van der Waals surface area contributed by atoms with E-state index in [1.54, 1.807) is 11.8 Å². The van der Waals surface area contributed by atoms with E-state index in [-0.39, 0.29) is 17.7 Å². The second kappa shape index (κ2) is 6.31. The molecular formula is C15H19NO3S. The summed E-state index contributed by atoms with van der Waals surface area (Å²) in [6, 6.07) is 6.99. The van der Waals surface area contributed by atoms with Crippen molar-refractivity contribution >= 4 is 23.6 Å². The summed E-state index contributed by atoms with van der Waals surface area (Å²) in [6.07, 6.45) is 0.447. The molecule has 0 spiro atoms. The Hall–Kier alpha value is -1.49. The zero-order valence-electron chi connectivity index (χ0n) is 11.6. The first-order chi connectivity index (χ1) is 9.49. The molecule has 1 aromatic carbocycles. The molecule has 1 aromatic rings. The molecule has 1 aliphatic heterocycles. The number of amides is 1. The van der Waals surface area contributed by atoms with Crippen LogP contribution in [0, 0.1) is 5.92 Å². The normalized spacial score (nSPS) is 18.6. The van der Waals surface area contributed by atoms with Crippen molar-refractivity contribution in [3.63, 3.8) is 0 Å². The van der Waals surface area contributed by atoms with Gasteiger partial charge in [-0.2, -0.15) is 0 Å². The van der Waals surface area contributed by atoms with Gasteiger partial charge >= 0.3 is 5.97 Å². The Kier molecular flexibility index (Phi) is 4.70. The molecule has 4 nitrogen and oxygen atoms in total. The Bertz CT molecular complexity index is 516. The smallest absolute Gasteiger partial charge is 0.326 e. The second-order valence-electron chi connectivity index (χ2n) is 5.43. The van der Waals surface area contributed by atoms with Crippen molar-refractivity contribution in [1.82, 2.24) is 5.32 Å². The summed E-state index contributed by atoms with van der Waals surface area (Å²) in [6.45, 7) is 3.89. The van der Waals surface area contributed by atoms with Gasteiger partial charge in [0.1, 0.15) is 6.04 Å². The minimum Gasteiger partial charge on any atom is -0.480 e. The molecule has 1 amide bonds. The molecule has 2 N–H and O–H groups in total. The van der Waals surface area contributed by atoms with Crippen LogP contribution in [0.15, 0.2) is 29.2 Å². The van der Waals surface area contributed by atoms with Crippen LogP contribution >= 0.6 is 11.8 Å². The van der Waals surface area contributed by atoms with E-state index in [0.717, 1.165) is 10.5 Å². The van der Waals surface area contributed by atoms with Gasteiger partial charge in [-0.1, -0.05) is 32.0 Å². The van der Waals surface area contributed by atoms with Crippen molar-refractivity contribution in [1.29, 1.82) is 0 Å². The monoisotopic (exact) mass is 293 g/mol. The van der Waals surface area contributed by atoms with Crippen LogP contribution in [0.3, 0.4) is 0 Å². The van der Waals surface area contributed by atoms with Gasteiger partial charge in [0.15, 0.2) is 0 Å². The van der Waals surface area contributed by atoms with Crippen molar-refractivity contribution in [3.05, 3.63) is 29.8 Å². The van der Waals surface area contributed by atoms with E-state index in [2.05, 4.69) is 5.32 Å². The number of carboxylic acids is 1. The molecule has 5 heteroatoms. The minimum absolute atomic E-state index is 0.185. The number of nitrogens with one attached hydrogen (secondary N) is 1. The first-order valence-electron chi connectivity index (χ1n) is 6.74. The van der Waals surface area contributed by atoms with Gasteiger partial charge in [0, 0.05) is 10.6 Å². The van der Waals surface area contributed by atoms with Crippen LogP contribution in [0.4, 0.5) is 0 Å². The third-order valence-corrected chi connectivity index (χ3v) is 4.52. The number of aliphatic carboxylic acids is 1. The average Bonchev–Trinajstić information content (AvgIpc) is 2.81. The Morgan fingerprint density at radius 3 is 2.75 bits per heavy atom. The predicted octanol–water partition coefficient (Wildman–Crippen LogP) is 2.49. The SMILES string of the molecule is CC(C)CC(NC(=O)C1CSc2ccccc21)C(=O)O. The lowest BCUT2D eigenvalue weighted by molar-refractivity contribution is -0.142. The van der Waals surface area contributed by atoms with E-state index in [4.69, 9.17) is 0 Å². The summed E-state index contributed by atoms with van der Waals surface area (Å²) >= 11 is 1.65. The Morgan fingerprint density at radius 1 is 1.40 bits per heavy atom. The molecule has 2 atom stereocenters. The van der Waals surface area contributed by atoms with E-state index in [0.29, 0.717) is 12.2 Å². The highest BCUT2D eigenvalue weighted by Gasteiger charge is 2.31. The van der Waals surface area contributed by atoms with Gasteiger partial charge in [-0.25, -0.2) is 4.79 Å². The maximum Gasteiger partial charge on any atom is 0.326 e. The summed E-state index contributed by atoms with van der Waals surface area (Å²) in [5.74, 6) is -0.493. The molecule has 0 radical (unpaired) electrons. The standard InChI is InChI=1S/C15H19NO3S/c1-9(2)7-12(15(18)19)16-14(17)11-8-20-13-6-4-3-5-10(11)13/h3-6,9,11-12H,7-8H2,1-2H3,(H,16,17)(H,18,19). The maximum absolute atomic E-state index is 12.3. The number of carbonyl (C=O) groups is 2. The number of carboxylic acid groups (broad SMARTS) is 1. The van der Waals surface area contributed by atoms with Crippen molar-refractivity contribution in [2.45, 2.75) is 37.1 Å². The number of rotatable bonds is 5. The lowest BCUT2D eigenvalue weighted by atomic mass is 9.98. The molecule has 1 aliphatic rings. The van der Waals surface area contributed by atoms with Crippen LogP contribution < -0.4 is 5.32 Å². The van der Waals surface area contributed by atoms with E-state index >= 15 is 0 Å². The third kappa shape index (κ3) is 3.33. The molecule has 0 saturated carbocycles. The minimum atomic E-state index is -0.967. The summed E-state index contributed by atoms with van der Waals surface area (Å²) in [7, 11) is 0. The Labute approximate surface area is 123 Å². The van der Waals surface area contributed by atoms with E-state index in [1.807, 2.05) is 38.1 Å². The van der Waals surface area contributed by atoms with Gasteiger partial charge in [-0.05, 0) is 24.0 Å². The van der Waals surface area contributed by atoms with Gasteiger partial charge in [-0.15, -0.1) is 11.8 Å². The van der Waals surface area contributed by atoms with Crippen LogP contribution in [-0.2, 0) is 9.59 Å². The van der Waals surface area contributed by atoms with Gasteiger partial charge in [-0.3, -0.25) is 4.79 Å². The number of hydrogen-bond donors (Lipinski definition) is 2. The average molecular weight is 293 g/mol. The van der Waals surface area contributed by atoms with E-state index in [9.17, 15) is 14.7 Å². The lowest BCUT2D eigenvalue weighted by Crippen LogP contribution is -2.43. The van der Waals surface area contributed by atoms with Crippen molar-refractivity contribution in [2.24, 2.45) is 5.92 Å². The van der Waals surface area contributed by atoms with Crippen LogP contribution in [0.25, 0.3) is 0 Å². The van der Waals surface area contributed by atoms with E-state index < -0.39 is 12.0 Å². The first kappa shape index (κ1) is 14.9. The molecule has 108 valence electrons. The van der Waals surface area contributed by atoms with Crippen LogP contribution in [0.2, 0.25) is 0 Å². The fraction of sp³-hybridized carbons (Fsp3) is 0.467. The highest BCUT2D eigenvalue weighted by atomic mass is 32.2. The fourth-order valence-corrected chi connectivity index (χ4v) is 3.57. The van der Waals surface area contributed by atoms with E-state index in [1.165, 1.54) is 0 Å². The highest BCUT2D eigenvalue weighted by molar-refractivity contribution is 7.99. The fourth-order valence-electron chi connectivity index (χ4n) is 2.34. The molecule has 0 bridgehead atoms. The van der Waals surface area contributed by atoms with Crippen LogP contribution in [-0.4, -0.2) is 28.8 Å². The summed E-state index contributed by atoms with van der Waals surface area (Å²) in [4.78, 5) is 24.6. The van der Waals surface area contributed by atoms with Crippen molar-refractivity contribution in [3.8, 4) is 0 Å². The number of benzene rings is 1. The lowest BCUT2D eigenvalue weighted by Gasteiger charge is -2.19. The quantitative estimate of drug-likeness (QED) is 0.875. The number of carbonyl (C=O) groups excluding carboxylic acids is 1. The third-order valence-electron chi connectivity index (χ3n) is 3.34.